The van der Waals surface area contributed by atoms with Crippen LogP contribution in [0.15, 0.2) is 18.2 Å². The molecule has 2 saturated heterocycles. The molecule has 1 aromatic carbocycles. The van der Waals surface area contributed by atoms with E-state index < -0.39 is 0 Å². The van der Waals surface area contributed by atoms with Crippen LogP contribution in [0.1, 0.15) is 31.2 Å². The molecule has 116 valence electrons. The van der Waals surface area contributed by atoms with Gasteiger partial charge in [-0.1, -0.05) is 6.07 Å². The lowest BCUT2D eigenvalue weighted by molar-refractivity contribution is 0.110. The number of hydrogen-bond acceptors (Lipinski definition) is 4. The molecule has 1 N–H and O–H groups in total. The molecule has 2 unspecified atom stereocenters. The van der Waals surface area contributed by atoms with E-state index in [1.807, 2.05) is 12.1 Å². The van der Waals surface area contributed by atoms with Crippen LogP contribution in [0.4, 0.5) is 0 Å². The molecular formula is C17H26N2O2. The first-order valence-corrected chi connectivity index (χ1v) is 7.89. The van der Waals surface area contributed by atoms with Crippen LogP contribution in [-0.2, 0) is 6.54 Å². The van der Waals surface area contributed by atoms with E-state index in [1.54, 1.807) is 14.2 Å². The van der Waals surface area contributed by atoms with E-state index in [4.69, 9.17) is 9.47 Å². The van der Waals surface area contributed by atoms with Crippen LogP contribution in [0.3, 0.4) is 0 Å². The van der Waals surface area contributed by atoms with Crippen LogP contribution in [0.5, 0.6) is 11.5 Å². The van der Waals surface area contributed by atoms with Crippen molar-refractivity contribution in [2.75, 3.05) is 21.3 Å². The highest BCUT2D eigenvalue weighted by molar-refractivity contribution is 5.40. The zero-order chi connectivity index (χ0) is 14.8. The number of ether oxygens (including phenoxy) is 2. The highest BCUT2D eigenvalue weighted by atomic mass is 16.5. The van der Waals surface area contributed by atoms with E-state index in [2.05, 4.69) is 23.3 Å². The molecule has 2 bridgehead atoms. The fourth-order valence-electron chi connectivity index (χ4n) is 3.95. The van der Waals surface area contributed by atoms with Crippen molar-refractivity contribution in [3.63, 3.8) is 0 Å². The molecule has 4 heteroatoms. The largest absolute Gasteiger partial charge is 0.497 e. The monoisotopic (exact) mass is 290 g/mol. The van der Waals surface area contributed by atoms with Gasteiger partial charge in [-0.25, -0.2) is 0 Å². The number of benzene rings is 1. The molecule has 0 amide bonds. The highest BCUT2D eigenvalue weighted by Crippen LogP contribution is 2.38. The van der Waals surface area contributed by atoms with Crippen molar-refractivity contribution in [3.05, 3.63) is 23.8 Å². The first-order valence-electron chi connectivity index (χ1n) is 7.89. The van der Waals surface area contributed by atoms with Gasteiger partial charge in [-0.15, -0.1) is 0 Å². The smallest absolute Gasteiger partial charge is 0.127 e. The first kappa shape index (κ1) is 14.7. The second-order valence-corrected chi connectivity index (χ2v) is 6.19. The number of nitrogens with one attached hydrogen (secondary N) is 1. The molecule has 0 aromatic heterocycles. The van der Waals surface area contributed by atoms with Gasteiger partial charge >= 0.3 is 0 Å². The van der Waals surface area contributed by atoms with Gasteiger partial charge in [0.25, 0.3) is 0 Å². The number of methoxy groups -OCH3 is 2. The Morgan fingerprint density at radius 1 is 1.14 bits per heavy atom. The predicted molar refractivity (Wildman–Crippen MR) is 84.0 cm³/mol. The lowest BCUT2D eigenvalue weighted by Gasteiger charge is -2.39. The number of piperidine rings is 1. The summed E-state index contributed by atoms with van der Waals surface area (Å²) >= 11 is 0. The Morgan fingerprint density at radius 3 is 2.43 bits per heavy atom. The summed E-state index contributed by atoms with van der Waals surface area (Å²) in [5, 5.41) is 3.46. The Kier molecular flexibility index (Phi) is 4.36. The molecule has 1 aromatic rings. The van der Waals surface area contributed by atoms with Gasteiger partial charge in [0, 0.05) is 36.3 Å². The average molecular weight is 290 g/mol. The lowest BCUT2D eigenvalue weighted by atomic mass is 9.96. The zero-order valence-corrected chi connectivity index (χ0v) is 13.3. The minimum atomic E-state index is 0.691. The summed E-state index contributed by atoms with van der Waals surface area (Å²) in [6.45, 7) is 0.985. The van der Waals surface area contributed by atoms with Crippen molar-refractivity contribution in [1.82, 2.24) is 10.2 Å². The summed E-state index contributed by atoms with van der Waals surface area (Å²) in [6.07, 6.45) is 5.21. The van der Waals surface area contributed by atoms with Gasteiger partial charge < -0.3 is 14.8 Å². The van der Waals surface area contributed by atoms with Gasteiger partial charge in [0.1, 0.15) is 11.5 Å². The number of hydrogen-bond donors (Lipinski definition) is 1. The van der Waals surface area contributed by atoms with Crippen molar-refractivity contribution in [3.8, 4) is 11.5 Å². The fraction of sp³-hybridized carbons (Fsp3) is 0.647. The van der Waals surface area contributed by atoms with Crippen molar-refractivity contribution in [2.45, 2.75) is 50.4 Å². The quantitative estimate of drug-likeness (QED) is 0.903. The molecule has 4 nitrogen and oxygen atoms in total. The van der Waals surface area contributed by atoms with E-state index in [-0.39, 0.29) is 0 Å². The summed E-state index contributed by atoms with van der Waals surface area (Å²) in [6, 6.07) is 8.27. The molecule has 0 saturated carbocycles. The molecule has 3 rings (SSSR count). The molecule has 0 aliphatic carbocycles. The average Bonchev–Trinajstić information content (AvgIpc) is 2.76. The third-order valence-corrected chi connectivity index (χ3v) is 5.14. The summed E-state index contributed by atoms with van der Waals surface area (Å²) in [4.78, 5) is 2.68. The van der Waals surface area contributed by atoms with Crippen molar-refractivity contribution >= 4 is 0 Å². The van der Waals surface area contributed by atoms with Crippen LogP contribution in [0, 0.1) is 0 Å². The number of rotatable bonds is 5. The Labute approximate surface area is 127 Å². The van der Waals surface area contributed by atoms with Gasteiger partial charge in [-0.3, -0.25) is 4.90 Å². The maximum absolute atomic E-state index is 5.54. The normalized spacial score (nSPS) is 28.6. The topological polar surface area (TPSA) is 33.7 Å². The predicted octanol–water partition coefficient (Wildman–Crippen LogP) is 2.42. The third-order valence-electron chi connectivity index (χ3n) is 5.14. The van der Waals surface area contributed by atoms with Gasteiger partial charge in [0.2, 0.25) is 0 Å². The standard InChI is InChI=1S/C17H26N2O2/c1-18-13-8-14-5-6-15(9-13)19(14)11-12-4-7-16(20-2)10-17(12)21-3/h4,7,10,13-15,18H,5-6,8-9,11H2,1-3H3. The zero-order valence-electron chi connectivity index (χ0n) is 13.3. The molecular weight excluding hydrogens is 264 g/mol. The van der Waals surface area contributed by atoms with Crippen LogP contribution in [-0.4, -0.2) is 44.3 Å². The Balaban J connectivity index is 1.75. The summed E-state index contributed by atoms with van der Waals surface area (Å²) in [7, 11) is 5.52. The second-order valence-electron chi connectivity index (χ2n) is 6.19. The van der Waals surface area contributed by atoms with Gasteiger partial charge in [-0.05, 0) is 38.8 Å². The third kappa shape index (κ3) is 2.87. The molecule has 2 aliphatic rings. The van der Waals surface area contributed by atoms with Gasteiger partial charge in [-0.2, -0.15) is 0 Å². The van der Waals surface area contributed by atoms with Crippen molar-refractivity contribution in [1.29, 1.82) is 0 Å². The molecule has 2 fully saturated rings. The van der Waals surface area contributed by atoms with E-state index in [0.29, 0.717) is 18.1 Å². The van der Waals surface area contributed by atoms with Crippen LogP contribution >= 0.6 is 0 Å². The fourth-order valence-corrected chi connectivity index (χ4v) is 3.95. The number of nitrogens with zero attached hydrogens (tertiary/aromatic N) is 1. The van der Waals surface area contributed by atoms with Gasteiger partial charge in [0.15, 0.2) is 0 Å². The van der Waals surface area contributed by atoms with Gasteiger partial charge in [0.05, 0.1) is 14.2 Å². The summed E-state index contributed by atoms with van der Waals surface area (Å²) < 4.78 is 10.8. The molecule has 0 radical (unpaired) electrons. The molecule has 2 atom stereocenters. The molecule has 2 aliphatic heterocycles. The maximum atomic E-state index is 5.54. The van der Waals surface area contributed by atoms with Crippen molar-refractivity contribution in [2.24, 2.45) is 0 Å². The second kappa shape index (κ2) is 6.24. The molecule has 0 spiro atoms. The minimum Gasteiger partial charge on any atom is -0.497 e. The SMILES string of the molecule is CNC1CC2CCC(C1)N2Cc1ccc(OC)cc1OC. The van der Waals surface area contributed by atoms with E-state index >= 15 is 0 Å². The Bertz CT molecular complexity index is 478. The highest BCUT2D eigenvalue weighted by Gasteiger charge is 2.40. The Hall–Kier alpha value is -1.26. The van der Waals surface area contributed by atoms with Crippen LogP contribution in [0.25, 0.3) is 0 Å². The first-order chi connectivity index (χ1) is 10.2. The minimum absolute atomic E-state index is 0.691. The Morgan fingerprint density at radius 2 is 1.86 bits per heavy atom. The van der Waals surface area contributed by atoms with E-state index in [1.165, 1.54) is 31.2 Å². The van der Waals surface area contributed by atoms with Crippen molar-refractivity contribution < 1.29 is 9.47 Å². The van der Waals surface area contributed by atoms with E-state index in [9.17, 15) is 0 Å². The van der Waals surface area contributed by atoms with Crippen LogP contribution in [0.2, 0.25) is 0 Å². The lowest BCUT2D eigenvalue weighted by Crippen LogP contribution is -2.47. The summed E-state index contributed by atoms with van der Waals surface area (Å²) in [5.74, 6) is 1.79. The van der Waals surface area contributed by atoms with E-state index in [0.717, 1.165) is 18.0 Å². The van der Waals surface area contributed by atoms with Crippen LogP contribution < -0.4 is 14.8 Å². The summed E-state index contributed by atoms with van der Waals surface area (Å²) in [5.41, 5.74) is 1.26. The number of fused-ring (bicyclic) bond motifs is 2. The molecule has 21 heavy (non-hydrogen) atoms. The molecule has 2 heterocycles. The maximum Gasteiger partial charge on any atom is 0.127 e.